The van der Waals surface area contributed by atoms with E-state index < -0.39 is 0 Å². The van der Waals surface area contributed by atoms with E-state index in [2.05, 4.69) is 25.7 Å². The first kappa shape index (κ1) is 13.4. The number of piperidine rings is 1. The molecule has 0 aromatic rings. The largest absolute Gasteiger partial charge is 0.393 e. The molecule has 2 fully saturated rings. The van der Waals surface area contributed by atoms with E-state index in [0.29, 0.717) is 5.92 Å². The predicted octanol–water partition coefficient (Wildman–Crippen LogP) is 2.76. The lowest BCUT2D eigenvalue weighted by Gasteiger charge is -2.40. The van der Waals surface area contributed by atoms with Crippen molar-refractivity contribution in [2.24, 2.45) is 23.7 Å². The highest BCUT2D eigenvalue weighted by Gasteiger charge is 2.30. The van der Waals surface area contributed by atoms with E-state index in [9.17, 15) is 5.11 Å². The third-order valence-corrected chi connectivity index (χ3v) is 5.12. The van der Waals surface area contributed by atoms with E-state index in [1.807, 2.05) is 0 Å². The van der Waals surface area contributed by atoms with Crippen LogP contribution in [0.4, 0.5) is 0 Å². The normalized spacial score (nSPS) is 44.8. The Morgan fingerprint density at radius 3 is 2.53 bits per heavy atom. The molecule has 0 bridgehead atoms. The zero-order valence-corrected chi connectivity index (χ0v) is 11.7. The Balaban J connectivity index is 1.83. The van der Waals surface area contributed by atoms with Gasteiger partial charge >= 0.3 is 0 Å². The van der Waals surface area contributed by atoms with Crippen molar-refractivity contribution in [1.29, 1.82) is 0 Å². The Labute approximate surface area is 106 Å². The van der Waals surface area contributed by atoms with Gasteiger partial charge in [-0.05, 0) is 55.9 Å². The zero-order chi connectivity index (χ0) is 12.4. The van der Waals surface area contributed by atoms with Gasteiger partial charge in [-0.15, -0.1) is 0 Å². The molecule has 5 atom stereocenters. The second kappa shape index (κ2) is 5.71. The maximum atomic E-state index is 10.1. The third-order valence-electron chi connectivity index (χ3n) is 5.12. The lowest BCUT2D eigenvalue weighted by atomic mass is 9.79. The van der Waals surface area contributed by atoms with Crippen LogP contribution in [0.25, 0.3) is 0 Å². The lowest BCUT2D eigenvalue weighted by Crippen LogP contribution is -2.44. The van der Waals surface area contributed by atoms with Crippen LogP contribution in [-0.2, 0) is 0 Å². The van der Waals surface area contributed by atoms with Crippen LogP contribution in [0.1, 0.15) is 46.5 Å². The quantitative estimate of drug-likeness (QED) is 0.801. The average molecular weight is 239 g/mol. The first-order chi connectivity index (χ1) is 8.06. The molecule has 17 heavy (non-hydrogen) atoms. The molecule has 1 N–H and O–H groups in total. The zero-order valence-electron chi connectivity index (χ0n) is 11.7. The summed E-state index contributed by atoms with van der Waals surface area (Å²) in [5.74, 6) is 3.03. The van der Waals surface area contributed by atoms with Crippen molar-refractivity contribution in [2.75, 3.05) is 19.6 Å². The molecule has 0 amide bonds. The van der Waals surface area contributed by atoms with Gasteiger partial charge in [-0.2, -0.15) is 0 Å². The summed E-state index contributed by atoms with van der Waals surface area (Å²) in [6, 6.07) is 0. The number of nitrogens with zero attached hydrogens (tertiary/aromatic N) is 1. The number of aliphatic hydroxyl groups is 1. The molecular formula is C15H29NO. The van der Waals surface area contributed by atoms with Crippen LogP contribution in [-0.4, -0.2) is 35.7 Å². The summed E-state index contributed by atoms with van der Waals surface area (Å²) in [5, 5.41) is 10.1. The molecule has 0 aromatic heterocycles. The van der Waals surface area contributed by atoms with Gasteiger partial charge in [0.05, 0.1) is 6.10 Å². The van der Waals surface area contributed by atoms with Crippen molar-refractivity contribution in [3.05, 3.63) is 0 Å². The molecule has 1 saturated heterocycles. The van der Waals surface area contributed by atoms with Gasteiger partial charge < -0.3 is 10.0 Å². The van der Waals surface area contributed by atoms with Crippen LogP contribution in [0.15, 0.2) is 0 Å². The molecule has 0 spiro atoms. The second-order valence-corrected chi connectivity index (χ2v) is 6.75. The van der Waals surface area contributed by atoms with Crippen LogP contribution >= 0.6 is 0 Å². The molecule has 2 heteroatoms. The summed E-state index contributed by atoms with van der Waals surface area (Å²) in [6.07, 6.45) is 4.75. The molecule has 2 aliphatic rings. The van der Waals surface area contributed by atoms with E-state index in [4.69, 9.17) is 0 Å². The first-order valence-corrected chi connectivity index (χ1v) is 7.46. The lowest BCUT2D eigenvalue weighted by molar-refractivity contribution is 0.0176. The van der Waals surface area contributed by atoms with Gasteiger partial charge in [0, 0.05) is 13.1 Å². The van der Waals surface area contributed by atoms with Crippen LogP contribution in [0.5, 0.6) is 0 Å². The Morgan fingerprint density at radius 1 is 1.06 bits per heavy atom. The monoisotopic (exact) mass is 239 g/mol. The van der Waals surface area contributed by atoms with Crippen molar-refractivity contribution in [3.63, 3.8) is 0 Å². The second-order valence-electron chi connectivity index (χ2n) is 6.75. The fourth-order valence-electron chi connectivity index (χ4n) is 3.53. The number of aliphatic hydroxyl groups excluding tert-OH is 1. The van der Waals surface area contributed by atoms with Gasteiger partial charge in [0.15, 0.2) is 0 Å². The summed E-state index contributed by atoms with van der Waals surface area (Å²) in [5.41, 5.74) is 0. The highest BCUT2D eigenvalue weighted by atomic mass is 16.3. The summed E-state index contributed by atoms with van der Waals surface area (Å²) in [4.78, 5) is 2.59. The Bertz CT molecular complexity index is 243. The van der Waals surface area contributed by atoms with Crippen molar-refractivity contribution in [1.82, 2.24) is 4.90 Å². The van der Waals surface area contributed by atoms with Gasteiger partial charge in [0.25, 0.3) is 0 Å². The molecule has 1 aliphatic heterocycles. The van der Waals surface area contributed by atoms with Crippen molar-refractivity contribution in [2.45, 2.75) is 52.6 Å². The average Bonchev–Trinajstić information content (AvgIpc) is 2.29. The number of rotatable bonds is 2. The minimum Gasteiger partial charge on any atom is -0.393 e. The van der Waals surface area contributed by atoms with E-state index in [0.717, 1.165) is 30.7 Å². The van der Waals surface area contributed by atoms with E-state index >= 15 is 0 Å². The molecule has 0 radical (unpaired) electrons. The first-order valence-electron chi connectivity index (χ1n) is 7.46. The minimum absolute atomic E-state index is 0.0409. The van der Waals surface area contributed by atoms with Gasteiger partial charge in [-0.1, -0.05) is 20.8 Å². The SMILES string of the molecule is CC1CCC(O)C(CN2CCC(C)C(C)C2)C1. The summed E-state index contributed by atoms with van der Waals surface area (Å²) in [7, 11) is 0. The molecule has 5 unspecified atom stereocenters. The fourth-order valence-corrected chi connectivity index (χ4v) is 3.53. The molecule has 1 aliphatic carbocycles. The van der Waals surface area contributed by atoms with Gasteiger partial charge in [-0.25, -0.2) is 0 Å². The fraction of sp³-hybridized carbons (Fsp3) is 1.00. The Kier molecular flexibility index (Phi) is 4.48. The highest BCUT2D eigenvalue weighted by molar-refractivity contribution is 4.83. The molecule has 1 heterocycles. The minimum atomic E-state index is -0.0409. The summed E-state index contributed by atoms with van der Waals surface area (Å²) >= 11 is 0. The van der Waals surface area contributed by atoms with Crippen LogP contribution < -0.4 is 0 Å². The smallest absolute Gasteiger partial charge is 0.0580 e. The molecular weight excluding hydrogens is 210 g/mol. The van der Waals surface area contributed by atoms with Crippen LogP contribution in [0, 0.1) is 23.7 Å². The number of hydrogen-bond acceptors (Lipinski definition) is 2. The number of likely N-dealkylation sites (tertiary alicyclic amines) is 1. The predicted molar refractivity (Wildman–Crippen MR) is 71.9 cm³/mol. The molecule has 0 aromatic carbocycles. The van der Waals surface area contributed by atoms with Gasteiger partial charge in [0.2, 0.25) is 0 Å². The van der Waals surface area contributed by atoms with Crippen molar-refractivity contribution < 1.29 is 5.11 Å². The topological polar surface area (TPSA) is 23.5 Å². The Hall–Kier alpha value is -0.0800. The van der Waals surface area contributed by atoms with Gasteiger partial charge in [-0.3, -0.25) is 0 Å². The standard InChI is InChI=1S/C15H29NO/c1-11-4-5-15(17)14(8-11)10-16-7-6-12(2)13(3)9-16/h11-15,17H,4-10H2,1-3H3. The molecule has 100 valence electrons. The van der Waals surface area contributed by atoms with E-state index in [1.54, 1.807) is 0 Å². The summed E-state index contributed by atoms with van der Waals surface area (Å²) in [6.45, 7) is 10.7. The van der Waals surface area contributed by atoms with E-state index in [1.165, 1.54) is 32.4 Å². The van der Waals surface area contributed by atoms with Crippen molar-refractivity contribution >= 4 is 0 Å². The third kappa shape index (κ3) is 3.45. The number of hydrogen-bond donors (Lipinski definition) is 1. The van der Waals surface area contributed by atoms with E-state index in [-0.39, 0.29) is 6.10 Å². The molecule has 1 saturated carbocycles. The summed E-state index contributed by atoms with van der Waals surface area (Å²) < 4.78 is 0. The molecule has 2 rings (SSSR count). The van der Waals surface area contributed by atoms with Crippen LogP contribution in [0.2, 0.25) is 0 Å². The van der Waals surface area contributed by atoms with Gasteiger partial charge in [0.1, 0.15) is 0 Å². The Morgan fingerprint density at radius 2 is 1.82 bits per heavy atom. The van der Waals surface area contributed by atoms with Crippen LogP contribution in [0.3, 0.4) is 0 Å². The maximum Gasteiger partial charge on any atom is 0.0580 e. The molecule has 2 nitrogen and oxygen atoms in total. The van der Waals surface area contributed by atoms with Crippen molar-refractivity contribution in [3.8, 4) is 0 Å². The highest BCUT2D eigenvalue weighted by Crippen LogP contribution is 2.31. The maximum absolute atomic E-state index is 10.1.